The molecule has 26 heavy (non-hydrogen) atoms. The highest BCUT2D eigenvalue weighted by atomic mass is 16.5. The Labute approximate surface area is 153 Å². The maximum atomic E-state index is 13.1. The second-order valence-electron chi connectivity index (χ2n) is 6.41. The first-order valence-corrected chi connectivity index (χ1v) is 8.77. The number of benzene rings is 1. The van der Waals surface area contributed by atoms with Crippen LogP contribution in [0.2, 0.25) is 0 Å². The lowest BCUT2D eigenvalue weighted by Gasteiger charge is -2.31. The maximum absolute atomic E-state index is 13.1. The summed E-state index contributed by atoms with van der Waals surface area (Å²) in [6.07, 6.45) is 2.25. The van der Waals surface area contributed by atoms with Crippen LogP contribution >= 0.6 is 0 Å². The van der Waals surface area contributed by atoms with Crippen molar-refractivity contribution in [2.75, 3.05) is 39.4 Å². The number of amides is 1. The average molecular weight is 365 g/mol. The van der Waals surface area contributed by atoms with E-state index in [1.807, 2.05) is 6.07 Å². The SMILES string of the molecule is COCCN(C(=O)C1CCC(C(=O)O)CC1)c1ccc(OC)c(OC)c1. The zero-order valence-corrected chi connectivity index (χ0v) is 15.6. The minimum Gasteiger partial charge on any atom is -0.493 e. The molecule has 7 heteroatoms. The zero-order chi connectivity index (χ0) is 19.1. The normalized spacial score (nSPS) is 19.7. The highest BCUT2D eigenvalue weighted by Crippen LogP contribution is 2.34. The monoisotopic (exact) mass is 365 g/mol. The zero-order valence-electron chi connectivity index (χ0n) is 15.6. The Morgan fingerprint density at radius 3 is 2.19 bits per heavy atom. The highest BCUT2D eigenvalue weighted by Gasteiger charge is 2.32. The molecule has 1 aromatic rings. The van der Waals surface area contributed by atoms with E-state index in [9.17, 15) is 9.59 Å². The average Bonchev–Trinajstić information content (AvgIpc) is 2.67. The quantitative estimate of drug-likeness (QED) is 0.762. The van der Waals surface area contributed by atoms with Crippen LogP contribution in [0.1, 0.15) is 25.7 Å². The van der Waals surface area contributed by atoms with Gasteiger partial charge in [-0.05, 0) is 37.8 Å². The second kappa shape index (κ2) is 9.43. The Morgan fingerprint density at radius 1 is 1.04 bits per heavy atom. The Bertz CT molecular complexity index is 624. The number of hydrogen-bond acceptors (Lipinski definition) is 5. The maximum Gasteiger partial charge on any atom is 0.306 e. The van der Waals surface area contributed by atoms with Gasteiger partial charge in [0.2, 0.25) is 5.91 Å². The molecular weight excluding hydrogens is 338 g/mol. The third-order valence-electron chi connectivity index (χ3n) is 4.89. The molecule has 1 N–H and O–H groups in total. The summed E-state index contributed by atoms with van der Waals surface area (Å²) < 4.78 is 15.7. The van der Waals surface area contributed by atoms with Crippen LogP contribution in [0.15, 0.2) is 18.2 Å². The largest absolute Gasteiger partial charge is 0.493 e. The summed E-state index contributed by atoms with van der Waals surface area (Å²) >= 11 is 0. The fourth-order valence-electron chi connectivity index (χ4n) is 3.35. The molecule has 1 aliphatic carbocycles. The van der Waals surface area contributed by atoms with Gasteiger partial charge in [0.25, 0.3) is 0 Å². The molecule has 1 saturated carbocycles. The van der Waals surface area contributed by atoms with Gasteiger partial charge >= 0.3 is 5.97 Å². The van der Waals surface area contributed by atoms with E-state index in [1.165, 1.54) is 0 Å². The molecule has 0 heterocycles. The van der Waals surface area contributed by atoms with Gasteiger partial charge in [-0.1, -0.05) is 0 Å². The molecule has 0 saturated heterocycles. The van der Waals surface area contributed by atoms with Crippen molar-refractivity contribution in [1.29, 1.82) is 0 Å². The molecule has 0 unspecified atom stereocenters. The number of carbonyl (C=O) groups excluding carboxylic acids is 1. The van der Waals surface area contributed by atoms with Gasteiger partial charge in [-0.15, -0.1) is 0 Å². The molecular formula is C19H27NO6. The van der Waals surface area contributed by atoms with E-state index < -0.39 is 5.97 Å². The van der Waals surface area contributed by atoms with E-state index in [2.05, 4.69) is 0 Å². The van der Waals surface area contributed by atoms with Crippen LogP contribution in [0.5, 0.6) is 11.5 Å². The van der Waals surface area contributed by atoms with Gasteiger partial charge < -0.3 is 24.2 Å². The topological polar surface area (TPSA) is 85.3 Å². The van der Waals surface area contributed by atoms with Gasteiger partial charge in [-0.3, -0.25) is 9.59 Å². The first-order chi connectivity index (χ1) is 12.5. The number of carboxylic acids is 1. The van der Waals surface area contributed by atoms with Gasteiger partial charge in [0.1, 0.15) is 0 Å². The molecule has 1 aliphatic rings. The van der Waals surface area contributed by atoms with Crippen LogP contribution in [-0.4, -0.2) is 51.5 Å². The molecule has 1 fully saturated rings. The Morgan fingerprint density at radius 2 is 1.65 bits per heavy atom. The van der Waals surface area contributed by atoms with E-state index in [4.69, 9.17) is 19.3 Å². The van der Waals surface area contributed by atoms with Gasteiger partial charge in [0.15, 0.2) is 11.5 Å². The number of hydrogen-bond donors (Lipinski definition) is 1. The molecule has 0 aliphatic heterocycles. The van der Waals surface area contributed by atoms with E-state index in [0.717, 1.165) is 0 Å². The van der Waals surface area contributed by atoms with Crippen molar-refractivity contribution in [1.82, 2.24) is 0 Å². The van der Waals surface area contributed by atoms with Crippen LogP contribution in [-0.2, 0) is 14.3 Å². The summed E-state index contributed by atoms with van der Waals surface area (Å²) in [5.74, 6) is -0.139. The van der Waals surface area contributed by atoms with E-state index >= 15 is 0 Å². The minimum atomic E-state index is -0.771. The van der Waals surface area contributed by atoms with Crippen LogP contribution in [0.4, 0.5) is 5.69 Å². The number of aliphatic carboxylic acids is 1. The van der Waals surface area contributed by atoms with E-state index in [1.54, 1.807) is 38.4 Å². The first-order valence-electron chi connectivity index (χ1n) is 8.77. The second-order valence-corrected chi connectivity index (χ2v) is 6.41. The first kappa shape index (κ1) is 20.0. The third kappa shape index (κ3) is 4.66. The van der Waals surface area contributed by atoms with Crippen molar-refractivity contribution in [3.05, 3.63) is 18.2 Å². The molecule has 144 valence electrons. The van der Waals surface area contributed by atoms with Crippen LogP contribution in [0, 0.1) is 11.8 Å². The van der Waals surface area contributed by atoms with E-state index in [-0.39, 0.29) is 17.7 Å². The van der Waals surface area contributed by atoms with Crippen molar-refractivity contribution in [3.63, 3.8) is 0 Å². The van der Waals surface area contributed by atoms with Crippen molar-refractivity contribution < 1.29 is 28.9 Å². The third-order valence-corrected chi connectivity index (χ3v) is 4.89. The van der Waals surface area contributed by atoms with Crippen molar-refractivity contribution in [3.8, 4) is 11.5 Å². The van der Waals surface area contributed by atoms with Gasteiger partial charge in [0, 0.05) is 31.3 Å². The standard InChI is InChI=1S/C19H27NO6/c1-24-11-10-20(15-8-9-16(25-2)17(12-15)26-3)18(21)13-4-6-14(7-5-13)19(22)23/h8-9,12-14H,4-7,10-11H2,1-3H3,(H,22,23). The summed E-state index contributed by atoms with van der Waals surface area (Å²) in [5, 5.41) is 9.14. The minimum absolute atomic E-state index is 0.00175. The molecule has 0 atom stereocenters. The number of carboxylic acid groups (broad SMARTS) is 1. The predicted molar refractivity (Wildman–Crippen MR) is 96.9 cm³/mol. The molecule has 0 spiro atoms. The number of rotatable bonds is 8. The smallest absolute Gasteiger partial charge is 0.306 e. The van der Waals surface area contributed by atoms with Gasteiger partial charge in [-0.25, -0.2) is 0 Å². The van der Waals surface area contributed by atoms with Gasteiger partial charge in [0.05, 0.1) is 26.7 Å². The molecule has 7 nitrogen and oxygen atoms in total. The summed E-state index contributed by atoms with van der Waals surface area (Å²) in [4.78, 5) is 25.9. The lowest BCUT2D eigenvalue weighted by atomic mass is 9.81. The molecule has 1 amide bonds. The fourth-order valence-corrected chi connectivity index (χ4v) is 3.35. The lowest BCUT2D eigenvalue weighted by molar-refractivity contribution is -0.144. The summed E-state index contributed by atoms with van der Waals surface area (Å²) in [7, 11) is 4.71. The number of methoxy groups -OCH3 is 3. The molecule has 0 radical (unpaired) electrons. The van der Waals surface area contributed by atoms with Crippen LogP contribution in [0.25, 0.3) is 0 Å². The Kier molecular flexibility index (Phi) is 7.26. The molecule has 1 aromatic carbocycles. The summed E-state index contributed by atoms with van der Waals surface area (Å²) in [6.45, 7) is 0.828. The molecule has 2 rings (SSSR count). The van der Waals surface area contributed by atoms with Crippen LogP contribution in [0.3, 0.4) is 0 Å². The van der Waals surface area contributed by atoms with Crippen molar-refractivity contribution in [2.45, 2.75) is 25.7 Å². The number of nitrogens with zero attached hydrogens (tertiary/aromatic N) is 1. The number of ether oxygens (including phenoxy) is 3. The van der Waals surface area contributed by atoms with Crippen molar-refractivity contribution in [2.24, 2.45) is 11.8 Å². The van der Waals surface area contributed by atoms with E-state index in [0.29, 0.717) is 56.0 Å². The lowest BCUT2D eigenvalue weighted by Crippen LogP contribution is -2.40. The summed E-state index contributed by atoms with van der Waals surface area (Å²) in [5.41, 5.74) is 0.713. The fraction of sp³-hybridized carbons (Fsp3) is 0.579. The predicted octanol–water partition coefficient (Wildman–Crippen LogP) is 2.57. The van der Waals surface area contributed by atoms with Crippen molar-refractivity contribution >= 4 is 17.6 Å². The Hall–Kier alpha value is -2.28. The highest BCUT2D eigenvalue weighted by molar-refractivity contribution is 5.95. The Balaban J connectivity index is 2.19. The van der Waals surface area contributed by atoms with Gasteiger partial charge in [-0.2, -0.15) is 0 Å². The van der Waals surface area contributed by atoms with Crippen LogP contribution < -0.4 is 14.4 Å². The molecule has 0 aromatic heterocycles. The summed E-state index contributed by atoms with van der Waals surface area (Å²) in [6, 6.07) is 5.36. The number of anilines is 1. The number of carbonyl (C=O) groups is 2. The molecule has 0 bridgehead atoms.